The molecule has 1 aliphatic rings. The van der Waals surface area contributed by atoms with Crippen molar-refractivity contribution in [1.82, 2.24) is 4.98 Å². The van der Waals surface area contributed by atoms with Crippen molar-refractivity contribution in [1.29, 1.82) is 0 Å². The van der Waals surface area contributed by atoms with Gasteiger partial charge in [-0.15, -0.1) is 0 Å². The van der Waals surface area contributed by atoms with E-state index in [2.05, 4.69) is 11.9 Å². The van der Waals surface area contributed by atoms with E-state index in [1.165, 1.54) is 6.42 Å². The molecule has 1 aliphatic carbocycles. The number of nitrogens with two attached hydrogens (primary N) is 1. The van der Waals surface area contributed by atoms with Gasteiger partial charge in [-0.1, -0.05) is 44.4 Å². The fourth-order valence-electron chi connectivity index (χ4n) is 3.44. The maximum atomic E-state index is 12.7. The maximum absolute atomic E-state index is 12.7. The third kappa shape index (κ3) is 2.78. The number of benzene rings is 1. The van der Waals surface area contributed by atoms with Gasteiger partial charge in [-0.05, 0) is 30.9 Å². The molecule has 0 bridgehead atoms. The number of para-hydroxylation sites is 1. The van der Waals surface area contributed by atoms with Crippen molar-refractivity contribution >= 4 is 22.4 Å². The van der Waals surface area contributed by atoms with Crippen LogP contribution in [-0.4, -0.2) is 10.8 Å². The van der Waals surface area contributed by atoms with Gasteiger partial charge < -0.3 is 5.73 Å². The molecule has 0 saturated heterocycles. The van der Waals surface area contributed by atoms with Crippen molar-refractivity contribution in [3.05, 3.63) is 36.0 Å². The molecule has 2 aromatic rings. The predicted molar refractivity (Wildman–Crippen MR) is 86.2 cm³/mol. The molecule has 3 heteroatoms. The number of aromatic nitrogens is 1. The number of hydrogen-bond donors (Lipinski definition) is 1. The van der Waals surface area contributed by atoms with Crippen LogP contribution < -0.4 is 5.73 Å². The summed E-state index contributed by atoms with van der Waals surface area (Å²) < 4.78 is 0. The Labute approximate surface area is 125 Å². The second-order valence-electron chi connectivity index (χ2n) is 6.12. The van der Waals surface area contributed by atoms with Gasteiger partial charge in [0.15, 0.2) is 5.78 Å². The van der Waals surface area contributed by atoms with Crippen molar-refractivity contribution in [2.24, 2.45) is 11.8 Å². The largest absolute Gasteiger partial charge is 0.398 e. The van der Waals surface area contributed by atoms with Crippen molar-refractivity contribution in [3.63, 3.8) is 0 Å². The van der Waals surface area contributed by atoms with Crippen molar-refractivity contribution in [2.75, 3.05) is 5.73 Å². The number of nitrogens with zero attached hydrogens (tertiary/aromatic N) is 1. The fourth-order valence-corrected chi connectivity index (χ4v) is 3.44. The van der Waals surface area contributed by atoms with E-state index >= 15 is 0 Å². The minimum absolute atomic E-state index is 0.122. The lowest BCUT2D eigenvalue weighted by atomic mass is 9.77. The molecular formula is C18H22N2O. The Morgan fingerprint density at radius 3 is 2.95 bits per heavy atom. The van der Waals surface area contributed by atoms with E-state index < -0.39 is 0 Å². The summed E-state index contributed by atoms with van der Waals surface area (Å²) in [6.07, 6.45) is 5.57. The van der Waals surface area contributed by atoms with Crippen molar-refractivity contribution in [2.45, 2.75) is 39.0 Å². The van der Waals surface area contributed by atoms with Gasteiger partial charge in [0.1, 0.15) is 5.69 Å². The fraction of sp³-hybridized carbons (Fsp3) is 0.444. The van der Waals surface area contributed by atoms with Crippen LogP contribution in [0.15, 0.2) is 30.3 Å². The molecule has 3 nitrogen and oxygen atoms in total. The molecule has 0 radical (unpaired) electrons. The standard InChI is InChI=1S/C18H22N2O/c1-2-12-6-5-7-13(10-12)18(21)17-11-15(19)14-8-3-4-9-16(14)20-17/h3-4,8-9,11-13H,2,5-7,10H2,1H3,(H2,19,20). The number of fused-ring (bicyclic) bond motifs is 1. The smallest absolute Gasteiger partial charge is 0.184 e. The summed E-state index contributed by atoms with van der Waals surface area (Å²) in [6.45, 7) is 2.21. The number of rotatable bonds is 3. The Hall–Kier alpha value is -1.90. The van der Waals surface area contributed by atoms with Gasteiger partial charge in [0.2, 0.25) is 0 Å². The molecule has 2 atom stereocenters. The SMILES string of the molecule is CCC1CCCC(C(=O)c2cc(N)c3ccccc3n2)C1. The summed E-state index contributed by atoms with van der Waals surface area (Å²) in [6, 6.07) is 9.48. The predicted octanol–water partition coefficient (Wildman–Crippen LogP) is 4.22. The Morgan fingerprint density at radius 1 is 1.33 bits per heavy atom. The van der Waals surface area contributed by atoms with Crippen LogP contribution in [0, 0.1) is 11.8 Å². The second-order valence-corrected chi connectivity index (χ2v) is 6.12. The lowest BCUT2D eigenvalue weighted by Crippen LogP contribution is -2.23. The summed E-state index contributed by atoms with van der Waals surface area (Å²) >= 11 is 0. The van der Waals surface area contributed by atoms with Gasteiger partial charge >= 0.3 is 0 Å². The van der Waals surface area contributed by atoms with E-state index in [1.807, 2.05) is 24.3 Å². The molecule has 1 aromatic carbocycles. The van der Waals surface area contributed by atoms with Gasteiger partial charge in [-0.3, -0.25) is 4.79 Å². The lowest BCUT2D eigenvalue weighted by molar-refractivity contribution is 0.0857. The van der Waals surface area contributed by atoms with Crippen LogP contribution in [0.4, 0.5) is 5.69 Å². The molecule has 1 saturated carbocycles. The zero-order valence-electron chi connectivity index (χ0n) is 12.5. The molecule has 21 heavy (non-hydrogen) atoms. The molecular weight excluding hydrogens is 260 g/mol. The van der Waals surface area contributed by atoms with Gasteiger partial charge in [0.25, 0.3) is 0 Å². The Bertz CT molecular complexity index is 665. The van der Waals surface area contributed by atoms with Crippen LogP contribution in [0.25, 0.3) is 10.9 Å². The highest BCUT2D eigenvalue weighted by atomic mass is 16.1. The molecule has 0 spiro atoms. The Morgan fingerprint density at radius 2 is 2.14 bits per heavy atom. The van der Waals surface area contributed by atoms with E-state index in [1.54, 1.807) is 6.07 Å². The van der Waals surface area contributed by atoms with Gasteiger partial charge in [0, 0.05) is 17.0 Å². The van der Waals surface area contributed by atoms with Gasteiger partial charge in [-0.2, -0.15) is 0 Å². The molecule has 0 amide bonds. The first-order valence-corrected chi connectivity index (χ1v) is 7.88. The van der Waals surface area contributed by atoms with Crippen LogP contribution in [0.1, 0.15) is 49.5 Å². The zero-order valence-corrected chi connectivity index (χ0v) is 12.5. The molecule has 3 rings (SSSR count). The lowest BCUT2D eigenvalue weighted by Gasteiger charge is -2.27. The summed E-state index contributed by atoms with van der Waals surface area (Å²) in [4.78, 5) is 17.3. The number of ketones is 1. The molecule has 1 heterocycles. The van der Waals surface area contributed by atoms with Crippen molar-refractivity contribution in [3.8, 4) is 0 Å². The summed E-state index contributed by atoms with van der Waals surface area (Å²) in [7, 11) is 0. The second kappa shape index (κ2) is 5.84. The average molecular weight is 282 g/mol. The number of carbonyl (C=O) groups excluding carboxylic acids is 1. The highest BCUT2D eigenvalue weighted by Crippen LogP contribution is 2.33. The Kier molecular flexibility index (Phi) is 3.91. The van der Waals surface area contributed by atoms with E-state index in [-0.39, 0.29) is 11.7 Å². The molecule has 0 aliphatic heterocycles. The average Bonchev–Trinajstić information content (AvgIpc) is 2.54. The number of pyridine rings is 1. The first-order valence-electron chi connectivity index (χ1n) is 7.88. The monoisotopic (exact) mass is 282 g/mol. The normalized spacial score (nSPS) is 22.3. The highest BCUT2D eigenvalue weighted by Gasteiger charge is 2.28. The topological polar surface area (TPSA) is 56.0 Å². The minimum atomic E-state index is 0.122. The van der Waals surface area contributed by atoms with Gasteiger partial charge in [0.05, 0.1) is 5.52 Å². The van der Waals surface area contributed by atoms with Crippen LogP contribution in [0.3, 0.4) is 0 Å². The molecule has 1 fully saturated rings. The third-order valence-corrected chi connectivity index (χ3v) is 4.73. The van der Waals surface area contributed by atoms with E-state index in [9.17, 15) is 4.79 Å². The molecule has 1 aromatic heterocycles. The molecule has 2 unspecified atom stereocenters. The quantitative estimate of drug-likeness (QED) is 0.858. The first-order chi connectivity index (χ1) is 10.2. The van der Waals surface area contributed by atoms with E-state index in [4.69, 9.17) is 5.73 Å². The Balaban J connectivity index is 1.91. The number of carbonyl (C=O) groups is 1. The molecule has 110 valence electrons. The minimum Gasteiger partial charge on any atom is -0.398 e. The third-order valence-electron chi connectivity index (χ3n) is 4.73. The first kappa shape index (κ1) is 14.1. The number of nitrogen functional groups attached to an aromatic ring is 1. The number of hydrogen-bond acceptors (Lipinski definition) is 3. The van der Waals surface area contributed by atoms with Crippen LogP contribution in [0.2, 0.25) is 0 Å². The molecule has 2 N–H and O–H groups in total. The van der Waals surface area contributed by atoms with Crippen LogP contribution in [0.5, 0.6) is 0 Å². The number of anilines is 1. The highest BCUT2D eigenvalue weighted by molar-refractivity contribution is 6.01. The summed E-state index contributed by atoms with van der Waals surface area (Å²) in [5, 5.41) is 0.920. The summed E-state index contributed by atoms with van der Waals surface area (Å²) in [5.74, 6) is 0.980. The number of Topliss-reactive ketones (excluding diaryl/α,β-unsaturated/α-hetero) is 1. The van der Waals surface area contributed by atoms with Crippen LogP contribution >= 0.6 is 0 Å². The van der Waals surface area contributed by atoms with E-state index in [0.29, 0.717) is 17.3 Å². The van der Waals surface area contributed by atoms with Crippen molar-refractivity contribution < 1.29 is 4.79 Å². The van der Waals surface area contributed by atoms with Crippen LogP contribution in [-0.2, 0) is 0 Å². The zero-order chi connectivity index (χ0) is 14.8. The summed E-state index contributed by atoms with van der Waals surface area (Å²) in [5.41, 5.74) is 8.07. The van der Waals surface area contributed by atoms with E-state index in [0.717, 1.165) is 36.6 Å². The maximum Gasteiger partial charge on any atom is 0.184 e. The van der Waals surface area contributed by atoms with Gasteiger partial charge in [-0.25, -0.2) is 4.98 Å².